The standard InChI is InChI=1S/C84H87B2N3O/c1-10-15-20-59-29-37-66(38-30-59)87-75-43-35-62(23-18-13-4)47-71(75)85-73-53-74-81(54-77(73)89(68-41-33-61(34-42-68)22-17-12-3)79-50-64(49-78(87)83(79)85)69-45-55(6)25-27-57(69)8)90-82-52-65(70-46-56(7)26-28-58(70)9)51-80-84(82)86(74)72-48-63(24-19-14-5)36-44-76(72)88(80)67-39-31-60(32-40-67)21-16-11-2/h25-54H,10-24H2,1-9H3. The molecular weight excluding hydrogens is 1090 g/mol. The van der Waals surface area contributed by atoms with Gasteiger partial charge in [0, 0.05) is 57.3 Å². The van der Waals surface area contributed by atoms with Crippen LogP contribution in [-0.4, -0.2) is 13.4 Å². The van der Waals surface area contributed by atoms with Gasteiger partial charge in [0.1, 0.15) is 11.5 Å². The van der Waals surface area contributed by atoms with Gasteiger partial charge in [-0.2, -0.15) is 0 Å². The second-order valence-electron chi connectivity index (χ2n) is 26.7. The summed E-state index contributed by atoms with van der Waals surface area (Å²) in [5.41, 5.74) is 35.5. The van der Waals surface area contributed by atoms with Crippen LogP contribution in [0, 0.1) is 27.7 Å². The fraction of sp³-hybridized carbons (Fsp3) is 0.286. The van der Waals surface area contributed by atoms with Crippen molar-refractivity contribution in [3.63, 3.8) is 0 Å². The van der Waals surface area contributed by atoms with E-state index in [2.05, 4.69) is 259 Å². The smallest absolute Gasteiger partial charge is 0.256 e. The largest absolute Gasteiger partial charge is 0.458 e. The Morgan fingerprint density at radius 2 is 0.667 bits per heavy atom. The molecule has 0 N–H and O–H groups in total. The summed E-state index contributed by atoms with van der Waals surface area (Å²) in [6.45, 7) is 20.3. The Morgan fingerprint density at radius 1 is 0.300 bits per heavy atom. The molecule has 0 aromatic heterocycles. The summed E-state index contributed by atoms with van der Waals surface area (Å²) in [4.78, 5) is 7.82. The van der Waals surface area contributed by atoms with Crippen LogP contribution in [0.25, 0.3) is 22.3 Å². The van der Waals surface area contributed by atoms with Crippen molar-refractivity contribution in [2.75, 3.05) is 14.7 Å². The molecule has 0 saturated heterocycles. The summed E-state index contributed by atoms with van der Waals surface area (Å²) in [5.74, 6) is 1.85. The summed E-state index contributed by atoms with van der Waals surface area (Å²) < 4.78 is 7.82. The highest BCUT2D eigenvalue weighted by molar-refractivity contribution is 7.02. The molecular formula is C84H87B2N3O. The van der Waals surface area contributed by atoms with Crippen molar-refractivity contribution >= 4 is 97.4 Å². The molecule has 0 amide bonds. The number of unbranched alkanes of at least 4 members (excludes halogenated alkanes) is 5. The number of aryl methyl sites for hydroxylation is 9. The summed E-state index contributed by atoms with van der Waals surface area (Å²) in [6, 6.07) is 72.5. The molecule has 0 fully saturated rings. The van der Waals surface area contributed by atoms with Crippen LogP contribution in [0.1, 0.15) is 149 Å². The Morgan fingerprint density at radius 3 is 1.10 bits per heavy atom. The zero-order chi connectivity index (χ0) is 61.7. The highest BCUT2D eigenvalue weighted by Gasteiger charge is 2.48. The van der Waals surface area contributed by atoms with E-state index >= 15 is 0 Å². The molecule has 0 spiro atoms. The summed E-state index contributed by atoms with van der Waals surface area (Å²) in [7, 11) is 0. The SMILES string of the molecule is CCCCc1ccc(N2c3ccc(CCCC)cc3B3c4cc5c(cc4Oc4cc(-c6cc(C)ccc6C)cc2c43)N(c2ccc(CCCC)cc2)c2cc(-c3cc(C)ccc3C)cc3c2B5c2cc(CCCC)ccc2N3c2ccc(CCCC)cc2)cc1. The van der Waals surface area contributed by atoms with Crippen LogP contribution in [0.3, 0.4) is 0 Å². The first-order valence-electron chi connectivity index (χ1n) is 34.3. The van der Waals surface area contributed by atoms with Gasteiger partial charge in [-0.25, -0.2) is 0 Å². The second kappa shape index (κ2) is 25.1. The highest BCUT2D eigenvalue weighted by Crippen LogP contribution is 2.50. The van der Waals surface area contributed by atoms with Gasteiger partial charge in [-0.05, 0) is 259 Å². The zero-order valence-electron chi connectivity index (χ0n) is 54.8. The zero-order valence-corrected chi connectivity index (χ0v) is 54.8. The number of hydrogen-bond acceptors (Lipinski definition) is 4. The maximum absolute atomic E-state index is 7.82. The van der Waals surface area contributed by atoms with Crippen molar-refractivity contribution in [1.82, 2.24) is 0 Å². The van der Waals surface area contributed by atoms with Gasteiger partial charge in [-0.1, -0.05) is 181 Å². The molecule has 0 unspecified atom stereocenters. The van der Waals surface area contributed by atoms with Crippen LogP contribution in [0.2, 0.25) is 0 Å². The van der Waals surface area contributed by atoms with E-state index in [9.17, 15) is 0 Å². The van der Waals surface area contributed by atoms with Crippen LogP contribution in [-0.2, 0) is 32.1 Å². The van der Waals surface area contributed by atoms with E-state index in [4.69, 9.17) is 4.74 Å². The lowest BCUT2D eigenvalue weighted by Crippen LogP contribution is -2.64. The van der Waals surface area contributed by atoms with Crippen LogP contribution < -0.4 is 52.2 Å². The number of hydrogen-bond donors (Lipinski definition) is 0. The third-order valence-electron chi connectivity index (χ3n) is 20.2. The monoisotopic (exact) mass is 1180 g/mol. The Labute approximate surface area is 538 Å². The number of benzene rings is 10. The normalized spacial score (nSPS) is 13.1. The van der Waals surface area contributed by atoms with Crippen LogP contribution >= 0.6 is 0 Å². The minimum absolute atomic E-state index is 0.0890. The summed E-state index contributed by atoms with van der Waals surface area (Å²) in [6.07, 6.45) is 16.9. The van der Waals surface area contributed by atoms with E-state index in [-0.39, 0.29) is 13.4 Å². The fourth-order valence-corrected chi connectivity index (χ4v) is 15.2. The Balaban J connectivity index is 1.07. The van der Waals surface area contributed by atoms with Crippen molar-refractivity contribution in [2.24, 2.45) is 0 Å². The molecule has 4 nitrogen and oxygen atoms in total. The van der Waals surface area contributed by atoms with Gasteiger partial charge in [0.05, 0.1) is 0 Å². The second-order valence-corrected chi connectivity index (χ2v) is 26.7. The molecule has 0 radical (unpaired) electrons. The molecule has 0 aliphatic carbocycles. The van der Waals surface area contributed by atoms with Crippen molar-refractivity contribution in [2.45, 2.75) is 159 Å². The van der Waals surface area contributed by atoms with Gasteiger partial charge in [-0.15, -0.1) is 0 Å². The third kappa shape index (κ3) is 10.8. The molecule has 10 aromatic rings. The van der Waals surface area contributed by atoms with Crippen molar-refractivity contribution in [3.8, 4) is 33.8 Å². The quantitative estimate of drug-likeness (QED) is 0.0708. The Hall–Kier alpha value is -8.47. The molecule has 6 heteroatoms. The lowest BCUT2D eigenvalue weighted by Gasteiger charge is -2.46. The van der Waals surface area contributed by atoms with Gasteiger partial charge in [0.15, 0.2) is 0 Å². The topological polar surface area (TPSA) is 19.0 Å². The van der Waals surface area contributed by atoms with Crippen molar-refractivity contribution < 1.29 is 4.74 Å². The number of anilines is 9. The van der Waals surface area contributed by atoms with E-state index in [1.165, 1.54) is 183 Å². The van der Waals surface area contributed by atoms with Crippen molar-refractivity contribution in [1.29, 1.82) is 0 Å². The lowest BCUT2D eigenvalue weighted by atomic mass is 9.30. The molecule has 14 rings (SSSR count). The first-order valence-corrected chi connectivity index (χ1v) is 34.3. The van der Waals surface area contributed by atoms with Crippen LogP contribution in [0.4, 0.5) is 51.2 Å². The number of nitrogens with zero attached hydrogens (tertiary/aromatic N) is 3. The summed E-state index contributed by atoms with van der Waals surface area (Å²) in [5, 5.41) is 0. The molecule has 4 heterocycles. The minimum atomic E-state index is -0.103. The molecule has 10 aromatic carbocycles. The molecule has 4 aliphatic heterocycles. The molecule has 0 atom stereocenters. The van der Waals surface area contributed by atoms with Crippen LogP contribution in [0.5, 0.6) is 11.5 Å². The lowest BCUT2D eigenvalue weighted by molar-refractivity contribution is 0.488. The van der Waals surface area contributed by atoms with E-state index < -0.39 is 0 Å². The van der Waals surface area contributed by atoms with E-state index in [0.29, 0.717) is 0 Å². The first kappa shape index (κ1) is 59.2. The first-order chi connectivity index (χ1) is 44.0. The van der Waals surface area contributed by atoms with Gasteiger partial charge >= 0.3 is 0 Å². The van der Waals surface area contributed by atoms with Gasteiger partial charge in [-0.3, -0.25) is 0 Å². The maximum atomic E-state index is 7.82. The number of fused-ring (bicyclic) bond motifs is 8. The van der Waals surface area contributed by atoms with Crippen LogP contribution in [0.15, 0.2) is 182 Å². The fourth-order valence-electron chi connectivity index (χ4n) is 15.2. The predicted molar refractivity (Wildman–Crippen MR) is 389 cm³/mol. The highest BCUT2D eigenvalue weighted by atomic mass is 16.5. The van der Waals surface area contributed by atoms with Gasteiger partial charge < -0.3 is 19.4 Å². The average Bonchev–Trinajstić information content (AvgIpc) is 0.694. The van der Waals surface area contributed by atoms with E-state index in [1.807, 2.05) is 0 Å². The van der Waals surface area contributed by atoms with Gasteiger partial charge in [0.2, 0.25) is 0 Å². The molecule has 450 valence electrons. The number of rotatable bonds is 20. The van der Waals surface area contributed by atoms with Gasteiger partial charge in [0.25, 0.3) is 13.4 Å². The van der Waals surface area contributed by atoms with Crippen molar-refractivity contribution in [3.05, 3.63) is 232 Å². The third-order valence-corrected chi connectivity index (χ3v) is 20.2. The molecule has 0 saturated carbocycles. The summed E-state index contributed by atoms with van der Waals surface area (Å²) >= 11 is 0. The maximum Gasteiger partial charge on any atom is 0.256 e. The molecule has 0 bridgehead atoms. The Kier molecular flexibility index (Phi) is 16.5. The molecule has 4 aliphatic rings. The average molecular weight is 1180 g/mol. The number of ether oxygens (including phenoxy) is 1. The Bertz CT molecular complexity index is 4330. The molecule has 90 heavy (non-hydrogen) atoms. The predicted octanol–water partition coefficient (Wildman–Crippen LogP) is 19.5. The van der Waals surface area contributed by atoms with E-state index in [1.54, 1.807) is 0 Å². The minimum Gasteiger partial charge on any atom is -0.458 e. The van der Waals surface area contributed by atoms with E-state index in [0.717, 1.165) is 81.4 Å².